The van der Waals surface area contributed by atoms with Crippen LogP contribution in [-0.4, -0.2) is 70.1 Å². The van der Waals surface area contributed by atoms with Gasteiger partial charge in [-0.05, 0) is 93.6 Å². The molecular formula is C29H40N6O2. The van der Waals surface area contributed by atoms with Gasteiger partial charge in [-0.25, -0.2) is 9.97 Å². The van der Waals surface area contributed by atoms with E-state index < -0.39 is 0 Å². The molecule has 3 aromatic rings. The third-order valence-electron chi connectivity index (χ3n) is 7.62. The molecular weight excluding hydrogens is 464 g/mol. The Morgan fingerprint density at radius 1 is 0.973 bits per heavy atom. The molecule has 8 nitrogen and oxygen atoms in total. The van der Waals surface area contributed by atoms with Gasteiger partial charge in [0.15, 0.2) is 5.65 Å². The molecule has 0 radical (unpaired) electrons. The Labute approximate surface area is 220 Å². The number of nitrogens with one attached hydrogen (secondary N) is 1. The largest absolute Gasteiger partial charge is 0.497 e. The molecule has 2 aromatic heterocycles. The van der Waals surface area contributed by atoms with Crippen LogP contribution in [0.2, 0.25) is 0 Å². The van der Waals surface area contributed by atoms with Crippen LogP contribution in [0.3, 0.4) is 0 Å². The number of benzene rings is 1. The maximum Gasteiger partial charge on any atom is 0.272 e. The SMILES string of the molecule is COc1ccc(Nc2nc3ccc(C(=O)N4CC(C)CC(C)C4)nc3n2CCCN2CCCCC2)cc1. The molecule has 2 fully saturated rings. The number of likely N-dealkylation sites (tertiary alicyclic amines) is 2. The highest BCUT2D eigenvalue weighted by Gasteiger charge is 2.27. The first-order valence-corrected chi connectivity index (χ1v) is 13.8. The van der Waals surface area contributed by atoms with Gasteiger partial charge in [-0.15, -0.1) is 0 Å². The summed E-state index contributed by atoms with van der Waals surface area (Å²) in [5, 5.41) is 3.47. The Hall–Kier alpha value is -3.13. The van der Waals surface area contributed by atoms with Crippen LogP contribution in [0.5, 0.6) is 5.75 Å². The number of carbonyl (C=O) groups excluding carboxylic acids is 1. The van der Waals surface area contributed by atoms with Gasteiger partial charge in [0.2, 0.25) is 5.95 Å². The average Bonchev–Trinajstić information content (AvgIpc) is 3.25. The highest BCUT2D eigenvalue weighted by atomic mass is 16.5. The number of fused-ring (bicyclic) bond motifs is 1. The van der Waals surface area contributed by atoms with Crippen LogP contribution < -0.4 is 10.1 Å². The average molecular weight is 505 g/mol. The van der Waals surface area contributed by atoms with Gasteiger partial charge < -0.3 is 19.9 Å². The van der Waals surface area contributed by atoms with Gasteiger partial charge in [0.25, 0.3) is 5.91 Å². The number of rotatable bonds is 8. The molecule has 8 heteroatoms. The minimum absolute atomic E-state index is 0.0195. The van der Waals surface area contributed by atoms with Crippen molar-refractivity contribution in [2.75, 3.05) is 45.2 Å². The topological polar surface area (TPSA) is 75.5 Å². The first kappa shape index (κ1) is 25.5. The molecule has 0 saturated carbocycles. The second-order valence-electron chi connectivity index (χ2n) is 10.9. The van der Waals surface area contributed by atoms with E-state index in [9.17, 15) is 4.79 Å². The van der Waals surface area contributed by atoms with E-state index in [2.05, 4.69) is 28.6 Å². The van der Waals surface area contributed by atoms with E-state index in [1.165, 1.54) is 38.8 Å². The van der Waals surface area contributed by atoms with E-state index in [-0.39, 0.29) is 5.91 Å². The summed E-state index contributed by atoms with van der Waals surface area (Å²) in [6.45, 7) is 10.3. The van der Waals surface area contributed by atoms with Crippen molar-refractivity contribution in [2.24, 2.45) is 11.8 Å². The summed E-state index contributed by atoms with van der Waals surface area (Å²) in [5.74, 6) is 2.60. The summed E-state index contributed by atoms with van der Waals surface area (Å²) in [6.07, 6.45) is 6.09. The lowest BCUT2D eigenvalue weighted by molar-refractivity contribution is 0.0617. The molecule has 0 aliphatic carbocycles. The molecule has 1 N–H and O–H groups in total. The summed E-state index contributed by atoms with van der Waals surface area (Å²) >= 11 is 0. The second kappa shape index (κ2) is 11.5. The monoisotopic (exact) mass is 504 g/mol. The molecule has 2 saturated heterocycles. The van der Waals surface area contributed by atoms with Crippen molar-refractivity contribution in [3.8, 4) is 5.75 Å². The van der Waals surface area contributed by atoms with E-state index in [0.29, 0.717) is 17.5 Å². The number of imidazole rings is 1. The van der Waals surface area contributed by atoms with E-state index in [1.807, 2.05) is 41.3 Å². The Bertz CT molecular complexity index is 1190. The molecule has 0 bridgehead atoms. The zero-order chi connectivity index (χ0) is 25.8. The number of ether oxygens (including phenoxy) is 1. The van der Waals surface area contributed by atoms with Crippen molar-refractivity contribution in [3.05, 3.63) is 42.1 Å². The number of aryl methyl sites for hydroxylation is 1. The van der Waals surface area contributed by atoms with Crippen LogP contribution in [-0.2, 0) is 6.54 Å². The number of carbonyl (C=O) groups is 1. The zero-order valence-electron chi connectivity index (χ0n) is 22.4. The minimum Gasteiger partial charge on any atom is -0.497 e. The number of pyridine rings is 1. The molecule has 5 rings (SSSR count). The normalized spacial score (nSPS) is 20.8. The maximum atomic E-state index is 13.4. The van der Waals surface area contributed by atoms with E-state index in [4.69, 9.17) is 14.7 Å². The lowest BCUT2D eigenvalue weighted by Crippen LogP contribution is -2.42. The van der Waals surface area contributed by atoms with Crippen LogP contribution >= 0.6 is 0 Å². The molecule has 2 unspecified atom stereocenters. The summed E-state index contributed by atoms with van der Waals surface area (Å²) in [7, 11) is 1.67. The van der Waals surface area contributed by atoms with Crippen molar-refractivity contribution in [3.63, 3.8) is 0 Å². The highest BCUT2D eigenvalue weighted by Crippen LogP contribution is 2.26. The van der Waals surface area contributed by atoms with Gasteiger partial charge in [-0.2, -0.15) is 0 Å². The molecule has 1 aromatic carbocycles. The fourth-order valence-electron chi connectivity index (χ4n) is 5.86. The molecule has 4 heterocycles. The quantitative estimate of drug-likeness (QED) is 0.456. The minimum atomic E-state index is 0.0195. The maximum absolute atomic E-state index is 13.4. The van der Waals surface area contributed by atoms with Gasteiger partial charge in [0, 0.05) is 25.3 Å². The molecule has 198 valence electrons. The van der Waals surface area contributed by atoms with Gasteiger partial charge in [0.05, 0.1) is 7.11 Å². The summed E-state index contributed by atoms with van der Waals surface area (Å²) in [5.41, 5.74) is 2.99. The number of hydrogen-bond donors (Lipinski definition) is 1. The molecule has 37 heavy (non-hydrogen) atoms. The first-order chi connectivity index (χ1) is 18.0. The zero-order valence-corrected chi connectivity index (χ0v) is 22.4. The smallest absolute Gasteiger partial charge is 0.272 e. The van der Waals surface area contributed by atoms with Gasteiger partial charge in [-0.3, -0.25) is 9.36 Å². The van der Waals surface area contributed by atoms with Crippen LogP contribution in [0.4, 0.5) is 11.6 Å². The van der Waals surface area contributed by atoms with Gasteiger partial charge in [-0.1, -0.05) is 20.3 Å². The third kappa shape index (κ3) is 6.06. The molecule has 0 spiro atoms. The van der Waals surface area contributed by atoms with Crippen LogP contribution in [0, 0.1) is 11.8 Å². The number of amides is 1. The van der Waals surface area contributed by atoms with Crippen molar-refractivity contribution in [1.82, 2.24) is 24.3 Å². The lowest BCUT2D eigenvalue weighted by Gasteiger charge is -2.34. The summed E-state index contributed by atoms with van der Waals surface area (Å²) in [4.78, 5) is 27.7. The number of methoxy groups -OCH3 is 1. The van der Waals surface area contributed by atoms with Crippen LogP contribution in [0.1, 0.15) is 56.4 Å². The standard InChI is InChI=1S/C29H40N6O2/c1-21-18-22(2)20-34(19-21)28(36)26-13-12-25-27(31-26)35(17-7-16-33-14-5-4-6-15-33)29(32-25)30-23-8-10-24(37-3)11-9-23/h8-13,21-22H,4-7,14-20H2,1-3H3,(H,30,32). The number of anilines is 2. The molecule has 2 aliphatic heterocycles. The number of piperidine rings is 2. The van der Waals surface area contributed by atoms with Crippen molar-refractivity contribution >= 4 is 28.7 Å². The van der Waals surface area contributed by atoms with E-state index in [0.717, 1.165) is 61.1 Å². The van der Waals surface area contributed by atoms with Crippen molar-refractivity contribution < 1.29 is 9.53 Å². The Morgan fingerprint density at radius 3 is 2.41 bits per heavy atom. The summed E-state index contributed by atoms with van der Waals surface area (Å²) in [6, 6.07) is 11.6. The number of aromatic nitrogens is 3. The van der Waals surface area contributed by atoms with Crippen LogP contribution in [0.25, 0.3) is 11.2 Å². The predicted octanol–water partition coefficient (Wildman–Crippen LogP) is 5.18. The fourth-order valence-corrected chi connectivity index (χ4v) is 5.86. The highest BCUT2D eigenvalue weighted by molar-refractivity contribution is 5.94. The first-order valence-electron chi connectivity index (χ1n) is 13.8. The van der Waals surface area contributed by atoms with E-state index >= 15 is 0 Å². The van der Waals surface area contributed by atoms with Crippen molar-refractivity contribution in [1.29, 1.82) is 0 Å². The second-order valence-corrected chi connectivity index (χ2v) is 10.9. The van der Waals surface area contributed by atoms with E-state index in [1.54, 1.807) is 7.11 Å². The van der Waals surface area contributed by atoms with Crippen LogP contribution in [0.15, 0.2) is 36.4 Å². The van der Waals surface area contributed by atoms with Gasteiger partial charge in [0.1, 0.15) is 17.0 Å². The lowest BCUT2D eigenvalue weighted by atomic mass is 9.92. The molecule has 2 aliphatic rings. The Morgan fingerprint density at radius 2 is 1.70 bits per heavy atom. The number of nitrogens with zero attached hydrogens (tertiary/aromatic N) is 5. The summed E-state index contributed by atoms with van der Waals surface area (Å²) < 4.78 is 7.44. The Balaban J connectivity index is 1.41. The number of hydrogen-bond acceptors (Lipinski definition) is 6. The molecule has 1 amide bonds. The van der Waals surface area contributed by atoms with Gasteiger partial charge >= 0.3 is 0 Å². The third-order valence-corrected chi connectivity index (χ3v) is 7.62. The Kier molecular flexibility index (Phi) is 7.93. The molecule has 2 atom stereocenters. The fraction of sp³-hybridized carbons (Fsp3) is 0.552. The predicted molar refractivity (Wildman–Crippen MR) is 148 cm³/mol. The van der Waals surface area contributed by atoms with Crippen molar-refractivity contribution in [2.45, 2.75) is 52.5 Å².